The van der Waals surface area contributed by atoms with Crippen molar-refractivity contribution >= 4 is 11.3 Å². The Hall–Kier alpha value is -0.300. The van der Waals surface area contributed by atoms with Crippen molar-refractivity contribution in [3.05, 3.63) is 21.4 Å². The van der Waals surface area contributed by atoms with E-state index in [1.807, 2.05) is 11.3 Å². The average molecular weight is 182 g/mol. The van der Waals surface area contributed by atoms with E-state index in [9.17, 15) is 0 Å². The summed E-state index contributed by atoms with van der Waals surface area (Å²) in [5.41, 5.74) is 1.79. The SMILES string of the molecule is CCc1sc(C(C)(C)C)cc1C. The second-order valence-corrected chi connectivity index (χ2v) is 5.46. The molecule has 0 amide bonds. The van der Waals surface area contributed by atoms with Crippen molar-refractivity contribution in [2.75, 3.05) is 0 Å². The number of aryl methyl sites for hydroxylation is 2. The molecule has 1 aromatic rings. The fourth-order valence-electron chi connectivity index (χ4n) is 1.24. The van der Waals surface area contributed by atoms with Gasteiger partial charge in [0, 0.05) is 9.75 Å². The lowest BCUT2D eigenvalue weighted by Crippen LogP contribution is -2.07. The molecule has 0 saturated carbocycles. The van der Waals surface area contributed by atoms with E-state index in [1.165, 1.54) is 16.9 Å². The third-order valence-electron chi connectivity index (χ3n) is 2.08. The smallest absolute Gasteiger partial charge is 0.0104 e. The molecule has 0 N–H and O–H groups in total. The van der Waals surface area contributed by atoms with Crippen molar-refractivity contribution in [1.82, 2.24) is 0 Å². The average Bonchev–Trinajstić information content (AvgIpc) is 2.29. The molecule has 0 spiro atoms. The van der Waals surface area contributed by atoms with E-state index < -0.39 is 0 Å². The van der Waals surface area contributed by atoms with Gasteiger partial charge in [-0.15, -0.1) is 11.3 Å². The summed E-state index contributed by atoms with van der Waals surface area (Å²) in [5, 5.41) is 0. The highest BCUT2D eigenvalue weighted by Gasteiger charge is 2.17. The number of hydrogen-bond donors (Lipinski definition) is 0. The van der Waals surface area contributed by atoms with Crippen molar-refractivity contribution in [3.8, 4) is 0 Å². The van der Waals surface area contributed by atoms with Crippen LogP contribution in [-0.4, -0.2) is 0 Å². The topological polar surface area (TPSA) is 0 Å². The fourth-order valence-corrected chi connectivity index (χ4v) is 2.41. The van der Waals surface area contributed by atoms with Crippen molar-refractivity contribution in [3.63, 3.8) is 0 Å². The van der Waals surface area contributed by atoms with Gasteiger partial charge in [-0.1, -0.05) is 27.7 Å². The molecule has 0 fully saturated rings. The Morgan fingerprint density at radius 2 is 1.92 bits per heavy atom. The highest BCUT2D eigenvalue weighted by Crippen LogP contribution is 2.32. The first-order valence-electron chi connectivity index (χ1n) is 4.55. The predicted octanol–water partition coefficient (Wildman–Crippen LogP) is 3.92. The van der Waals surface area contributed by atoms with Crippen LogP contribution in [0.2, 0.25) is 0 Å². The maximum Gasteiger partial charge on any atom is 0.0104 e. The summed E-state index contributed by atoms with van der Waals surface area (Å²) in [7, 11) is 0. The minimum Gasteiger partial charge on any atom is -0.145 e. The van der Waals surface area contributed by atoms with Gasteiger partial charge in [-0.2, -0.15) is 0 Å². The normalized spacial score (nSPS) is 12.1. The number of rotatable bonds is 1. The second kappa shape index (κ2) is 3.21. The maximum absolute atomic E-state index is 2.34. The molecule has 0 unspecified atom stereocenters. The van der Waals surface area contributed by atoms with Crippen LogP contribution in [0.5, 0.6) is 0 Å². The summed E-state index contributed by atoms with van der Waals surface area (Å²) < 4.78 is 0. The van der Waals surface area contributed by atoms with Crippen LogP contribution in [0.1, 0.15) is 43.0 Å². The van der Waals surface area contributed by atoms with Crippen LogP contribution in [0.3, 0.4) is 0 Å². The van der Waals surface area contributed by atoms with Crippen LogP contribution in [-0.2, 0) is 11.8 Å². The van der Waals surface area contributed by atoms with Crippen molar-refractivity contribution in [1.29, 1.82) is 0 Å². The first-order valence-corrected chi connectivity index (χ1v) is 5.36. The molecule has 1 heterocycles. The molecule has 0 aliphatic carbocycles. The Morgan fingerprint density at radius 1 is 1.33 bits per heavy atom. The second-order valence-electron chi connectivity index (χ2n) is 4.32. The lowest BCUT2D eigenvalue weighted by molar-refractivity contribution is 0.603. The van der Waals surface area contributed by atoms with Crippen LogP contribution < -0.4 is 0 Å². The first kappa shape index (κ1) is 9.79. The van der Waals surface area contributed by atoms with E-state index >= 15 is 0 Å². The minimum absolute atomic E-state index is 0.322. The summed E-state index contributed by atoms with van der Waals surface area (Å²) in [6.07, 6.45) is 1.17. The van der Waals surface area contributed by atoms with Crippen LogP contribution in [0.25, 0.3) is 0 Å². The molecule has 0 aliphatic rings. The van der Waals surface area contributed by atoms with Crippen LogP contribution in [0.15, 0.2) is 6.07 Å². The summed E-state index contributed by atoms with van der Waals surface area (Å²) in [6, 6.07) is 2.34. The summed E-state index contributed by atoms with van der Waals surface area (Å²) in [4.78, 5) is 3.05. The zero-order valence-corrected chi connectivity index (χ0v) is 9.51. The highest BCUT2D eigenvalue weighted by molar-refractivity contribution is 7.12. The van der Waals surface area contributed by atoms with Crippen molar-refractivity contribution in [2.24, 2.45) is 0 Å². The summed E-state index contributed by atoms with van der Waals surface area (Å²) >= 11 is 1.97. The number of thiophene rings is 1. The van der Waals surface area contributed by atoms with Gasteiger partial charge in [0.05, 0.1) is 0 Å². The van der Waals surface area contributed by atoms with Gasteiger partial charge in [0.25, 0.3) is 0 Å². The lowest BCUT2D eigenvalue weighted by Gasteiger charge is -2.15. The largest absolute Gasteiger partial charge is 0.145 e. The van der Waals surface area contributed by atoms with Gasteiger partial charge in [0.1, 0.15) is 0 Å². The Balaban J connectivity index is 3.05. The van der Waals surface area contributed by atoms with Gasteiger partial charge in [-0.05, 0) is 30.4 Å². The maximum atomic E-state index is 2.34. The van der Waals surface area contributed by atoms with E-state index in [2.05, 4.69) is 40.7 Å². The molecule has 0 atom stereocenters. The molecule has 0 saturated heterocycles. The van der Waals surface area contributed by atoms with E-state index in [0.29, 0.717) is 5.41 Å². The molecule has 0 aromatic carbocycles. The predicted molar refractivity (Wildman–Crippen MR) is 57.1 cm³/mol. The molecule has 0 nitrogen and oxygen atoms in total. The molecule has 1 heteroatoms. The molecule has 68 valence electrons. The minimum atomic E-state index is 0.322. The fraction of sp³-hybridized carbons (Fsp3) is 0.636. The zero-order valence-electron chi connectivity index (χ0n) is 8.69. The molecule has 1 aromatic heterocycles. The molecule has 12 heavy (non-hydrogen) atoms. The van der Waals surface area contributed by atoms with E-state index in [0.717, 1.165) is 0 Å². The quantitative estimate of drug-likeness (QED) is 0.617. The van der Waals surface area contributed by atoms with Gasteiger partial charge < -0.3 is 0 Å². The lowest BCUT2D eigenvalue weighted by atomic mass is 9.94. The van der Waals surface area contributed by atoms with Crippen LogP contribution in [0, 0.1) is 6.92 Å². The van der Waals surface area contributed by atoms with Gasteiger partial charge in [-0.3, -0.25) is 0 Å². The van der Waals surface area contributed by atoms with Crippen molar-refractivity contribution in [2.45, 2.75) is 46.5 Å². The van der Waals surface area contributed by atoms with Crippen LogP contribution >= 0.6 is 11.3 Å². The van der Waals surface area contributed by atoms with Crippen molar-refractivity contribution < 1.29 is 0 Å². The van der Waals surface area contributed by atoms with E-state index in [-0.39, 0.29) is 0 Å². The molecule has 0 aliphatic heterocycles. The molecular weight excluding hydrogens is 164 g/mol. The standard InChI is InChI=1S/C11H18S/c1-6-9-8(2)7-10(12-9)11(3,4)5/h7H,6H2,1-5H3. The third kappa shape index (κ3) is 1.89. The number of hydrogen-bond acceptors (Lipinski definition) is 1. The van der Waals surface area contributed by atoms with E-state index in [4.69, 9.17) is 0 Å². The summed E-state index contributed by atoms with van der Waals surface area (Å²) in [5.74, 6) is 0. The first-order chi connectivity index (χ1) is 5.45. The monoisotopic (exact) mass is 182 g/mol. The van der Waals surface area contributed by atoms with Gasteiger partial charge >= 0.3 is 0 Å². The van der Waals surface area contributed by atoms with Crippen LogP contribution in [0.4, 0.5) is 0 Å². The van der Waals surface area contributed by atoms with Gasteiger partial charge in [0.15, 0.2) is 0 Å². The Kier molecular flexibility index (Phi) is 2.62. The Labute approximate surface area is 79.6 Å². The molecular formula is C11H18S. The van der Waals surface area contributed by atoms with Gasteiger partial charge in [0.2, 0.25) is 0 Å². The van der Waals surface area contributed by atoms with Gasteiger partial charge in [-0.25, -0.2) is 0 Å². The Bertz CT molecular complexity index is 263. The third-order valence-corrected chi connectivity index (χ3v) is 3.89. The zero-order chi connectivity index (χ0) is 9.35. The summed E-state index contributed by atoms with van der Waals surface area (Å²) in [6.45, 7) is 11.3. The highest BCUT2D eigenvalue weighted by atomic mass is 32.1. The Morgan fingerprint density at radius 3 is 2.17 bits per heavy atom. The molecule has 1 rings (SSSR count). The van der Waals surface area contributed by atoms with E-state index in [1.54, 1.807) is 4.88 Å². The molecule has 0 radical (unpaired) electrons. The molecule has 0 bridgehead atoms.